The number of halogens is 1. The smallest absolute Gasteiger partial charge is 0.145 e. The first-order chi connectivity index (χ1) is 7.63. The Morgan fingerprint density at radius 2 is 2.19 bits per heavy atom. The molecule has 84 valence electrons. The summed E-state index contributed by atoms with van der Waals surface area (Å²) in [6, 6.07) is 1.33. The highest BCUT2D eigenvalue weighted by atomic mass is 19.1. The molecule has 0 fully saturated rings. The van der Waals surface area contributed by atoms with Gasteiger partial charge in [0.25, 0.3) is 0 Å². The highest BCUT2D eigenvalue weighted by Gasteiger charge is 2.15. The Kier molecular flexibility index (Phi) is 2.70. The molecule has 4 nitrogen and oxygen atoms in total. The number of hydrogen-bond donors (Lipinski definition) is 1. The third-order valence-electron chi connectivity index (χ3n) is 2.44. The van der Waals surface area contributed by atoms with Gasteiger partial charge in [0.05, 0.1) is 12.3 Å². The maximum absolute atomic E-state index is 13.3. The Labute approximate surface area is 91.7 Å². The molecule has 0 aromatic carbocycles. The van der Waals surface area contributed by atoms with Crippen molar-refractivity contribution < 1.29 is 14.0 Å². The fourth-order valence-electron chi connectivity index (χ4n) is 1.44. The van der Waals surface area contributed by atoms with Gasteiger partial charge in [0.15, 0.2) is 0 Å². The fraction of sp³-hybridized carbons (Fsp3) is 0.273. The van der Waals surface area contributed by atoms with Gasteiger partial charge in [-0.05, 0) is 19.9 Å². The molecule has 2 heterocycles. The average Bonchev–Trinajstić information content (AvgIpc) is 2.63. The lowest BCUT2D eigenvalue weighted by molar-refractivity contribution is 0.278. The standard InChI is InChI=1S/C11H11FN2O2/c1-6-10(12)3-8(4-13-6)11-9(5-15)7(2)16-14-11/h3-4,15H,5H2,1-2H3. The summed E-state index contributed by atoms with van der Waals surface area (Å²) in [5, 5.41) is 12.9. The third-order valence-corrected chi connectivity index (χ3v) is 2.44. The van der Waals surface area contributed by atoms with Crippen LogP contribution in [-0.4, -0.2) is 15.2 Å². The predicted octanol–water partition coefficient (Wildman–Crippen LogP) is 1.98. The van der Waals surface area contributed by atoms with Crippen molar-refractivity contribution in [3.05, 3.63) is 35.1 Å². The second-order valence-electron chi connectivity index (χ2n) is 3.52. The minimum absolute atomic E-state index is 0.194. The second kappa shape index (κ2) is 4.02. The third kappa shape index (κ3) is 1.69. The number of hydrogen-bond acceptors (Lipinski definition) is 4. The summed E-state index contributed by atoms with van der Waals surface area (Å²) in [5.74, 6) is 0.125. The van der Waals surface area contributed by atoms with Gasteiger partial charge >= 0.3 is 0 Å². The van der Waals surface area contributed by atoms with Gasteiger partial charge in [-0.25, -0.2) is 4.39 Å². The molecule has 0 bridgehead atoms. The van der Waals surface area contributed by atoms with Crippen LogP contribution in [0.25, 0.3) is 11.3 Å². The zero-order valence-electron chi connectivity index (χ0n) is 8.99. The Morgan fingerprint density at radius 3 is 2.81 bits per heavy atom. The average molecular weight is 222 g/mol. The van der Waals surface area contributed by atoms with E-state index in [9.17, 15) is 4.39 Å². The monoisotopic (exact) mass is 222 g/mol. The Bertz CT molecular complexity index is 523. The summed E-state index contributed by atoms with van der Waals surface area (Å²) >= 11 is 0. The van der Waals surface area contributed by atoms with Gasteiger partial charge in [-0.15, -0.1) is 0 Å². The lowest BCUT2D eigenvalue weighted by Crippen LogP contribution is -1.92. The molecule has 0 saturated heterocycles. The summed E-state index contributed by atoms with van der Waals surface area (Å²) in [5.41, 5.74) is 1.83. The maximum Gasteiger partial charge on any atom is 0.145 e. The van der Waals surface area contributed by atoms with Gasteiger partial charge < -0.3 is 9.63 Å². The number of pyridine rings is 1. The van der Waals surface area contributed by atoms with E-state index >= 15 is 0 Å². The molecule has 0 radical (unpaired) electrons. The molecule has 0 aliphatic rings. The van der Waals surface area contributed by atoms with Crippen LogP contribution >= 0.6 is 0 Å². The molecule has 5 heteroatoms. The van der Waals surface area contributed by atoms with Crippen LogP contribution in [0.1, 0.15) is 17.0 Å². The van der Waals surface area contributed by atoms with Gasteiger partial charge in [-0.2, -0.15) is 0 Å². The van der Waals surface area contributed by atoms with Crippen molar-refractivity contribution in [2.24, 2.45) is 0 Å². The van der Waals surface area contributed by atoms with E-state index in [1.165, 1.54) is 12.3 Å². The SMILES string of the molecule is Cc1ncc(-c2noc(C)c2CO)cc1F. The van der Waals surface area contributed by atoms with Crippen molar-refractivity contribution in [2.75, 3.05) is 0 Å². The van der Waals surface area contributed by atoms with E-state index in [0.29, 0.717) is 28.3 Å². The van der Waals surface area contributed by atoms with Crippen LogP contribution < -0.4 is 0 Å². The zero-order valence-corrected chi connectivity index (χ0v) is 8.99. The van der Waals surface area contributed by atoms with Gasteiger partial charge in [-0.3, -0.25) is 4.98 Å². The van der Waals surface area contributed by atoms with Crippen LogP contribution in [0, 0.1) is 19.7 Å². The van der Waals surface area contributed by atoms with Crippen molar-refractivity contribution in [3.63, 3.8) is 0 Å². The van der Waals surface area contributed by atoms with E-state index in [-0.39, 0.29) is 6.61 Å². The van der Waals surface area contributed by atoms with Crippen LogP contribution in [0.5, 0.6) is 0 Å². The first-order valence-electron chi connectivity index (χ1n) is 4.82. The lowest BCUT2D eigenvalue weighted by Gasteiger charge is -2.00. The van der Waals surface area contributed by atoms with E-state index in [1.54, 1.807) is 13.8 Å². The van der Waals surface area contributed by atoms with Gasteiger partial charge in [-0.1, -0.05) is 5.16 Å². The quantitative estimate of drug-likeness (QED) is 0.844. The molecule has 2 aromatic heterocycles. The van der Waals surface area contributed by atoms with Crippen molar-refractivity contribution in [1.82, 2.24) is 10.1 Å². The van der Waals surface area contributed by atoms with Crippen LogP contribution in [0.3, 0.4) is 0 Å². The molecule has 0 aliphatic heterocycles. The summed E-state index contributed by atoms with van der Waals surface area (Å²) in [6.45, 7) is 3.08. The molecule has 0 aliphatic carbocycles. The molecule has 0 atom stereocenters. The molecule has 1 N–H and O–H groups in total. The molecule has 0 unspecified atom stereocenters. The van der Waals surface area contributed by atoms with Crippen LogP contribution in [0.4, 0.5) is 4.39 Å². The zero-order chi connectivity index (χ0) is 11.7. The van der Waals surface area contributed by atoms with Crippen molar-refractivity contribution in [3.8, 4) is 11.3 Å². The first kappa shape index (κ1) is 10.8. The van der Waals surface area contributed by atoms with Gasteiger partial charge in [0.2, 0.25) is 0 Å². The van der Waals surface area contributed by atoms with Crippen LogP contribution in [0.15, 0.2) is 16.8 Å². The molecule has 16 heavy (non-hydrogen) atoms. The van der Waals surface area contributed by atoms with Gasteiger partial charge in [0.1, 0.15) is 17.3 Å². The number of aryl methyl sites for hydroxylation is 2. The molecule has 2 rings (SSSR count). The normalized spacial score (nSPS) is 10.8. The number of aliphatic hydroxyl groups excluding tert-OH is 1. The Balaban J connectivity index is 2.54. The molecular formula is C11H11FN2O2. The van der Waals surface area contributed by atoms with E-state index < -0.39 is 5.82 Å². The molecule has 0 spiro atoms. The van der Waals surface area contributed by atoms with Crippen molar-refractivity contribution in [1.29, 1.82) is 0 Å². The largest absolute Gasteiger partial charge is 0.391 e. The lowest BCUT2D eigenvalue weighted by atomic mass is 10.1. The molecule has 0 saturated carbocycles. The van der Waals surface area contributed by atoms with Crippen molar-refractivity contribution >= 4 is 0 Å². The number of aromatic nitrogens is 2. The topological polar surface area (TPSA) is 59.2 Å². The predicted molar refractivity (Wildman–Crippen MR) is 55.1 cm³/mol. The summed E-state index contributed by atoms with van der Waals surface area (Å²) in [4.78, 5) is 3.90. The summed E-state index contributed by atoms with van der Waals surface area (Å²) in [6.07, 6.45) is 1.51. The first-order valence-corrected chi connectivity index (χ1v) is 4.82. The van der Waals surface area contributed by atoms with E-state index in [4.69, 9.17) is 9.63 Å². The maximum atomic E-state index is 13.3. The number of nitrogens with zero attached hydrogens (tertiary/aromatic N) is 2. The van der Waals surface area contributed by atoms with Crippen molar-refractivity contribution in [2.45, 2.75) is 20.5 Å². The van der Waals surface area contributed by atoms with E-state index in [0.717, 1.165) is 0 Å². The second-order valence-corrected chi connectivity index (χ2v) is 3.52. The Morgan fingerprint density at radius 1 is 1.44 bits per heavy atom. The number of rotatable bonds is 2. The minimum atomic E-state index is -0.401. The van der Waals surface area contributed by atoms with Crippen LogP contribution in [0.2, 0.25) is 0 Å². The summed E-state index contributed by atoms with van der Waals surface area (Å²) in [7, 11) is 0. The fourth-order valence-corrected chi connectivity index (χ4v) is 1.44. The van der Waals surface area contributed by atoms with Gasteiger partial charge in [0, 0.05) is 17.3 Å². The highest BCUT2D eigenvalue weighted by molar-refractivity contribution is 5.62. The highest BCUT2D eigenvalue weighted by Crippen LogP contribution is 2.25. The Hall–Kier alpha value is -1.75. The molecular weight excluding hydrogens is 211 g/mol. The summed E-state index contributed by atoms with van der Waals surface area (Å²) < 4.78 is 18.3. The van der Waals surface area contributed by atoms with E-state index in [1.807, 2.05) is 0 Å². The molecule has 0 amide bonds. The number of aliphatic hydroxyl groups is 1. The van der Waals surface area contributed by atoms with E-state index in [2.05, 4.69) is 10.1 Å². The van der Waals surface area contributed by atoms with Crippen LogP contribution in [-0.2, 0) is 6.61 Å². The minimum Gasteiger partial charge on any atom is -0.391 e. The molecule has 2 aromatic rings.